The Hall–Kier alpha value is -1.56. The van der Waals surface area contributed by atoms with Crippen molar-refractivity contribution in [3.05, 3.63) is 34.4 Å². The average Bonchev–Trinajstić information content (AvgIpc) is 2.36. The van der Waals surface area contributed by atoms with Gasteiger partial charge in [-0.05, 0) is 19.1 Å². The quantitative estimate of drug-likeness (QED) is 0.596. The van der Waals surface area contributed by atoms with Crippen LogP contribution in [-0.4, -0.2) is 20.2 Å². The molecular formula is C11H13NO4S. The van der Waals surface area contributed by atoms with Crippen LogP contribution in [0.25, 0.3) is 0 Å². The first-order valence-corrected chi connectivity index (χ1v) is 6.36. The molecule has 0 aliphatic heterocycles. The molecule has 0 radical (unpaired) electrons. The molecule has 0 amide bonds. The van der Waals surface area contributed by atoms with Crippen LogP contribution >= 0.6 is 0 Å². The normalized spacial score (nSPS) is 14.0. The zero-order chi connectivity index (χ0) is 13.0. The standard InChI is InChI=1S/C11H13NO4S/c1-3-11(13)8(2)17(16)10-6-4-9(5-7-10)12(14)15/h4-8H,3H2,1-2H3. The minimum absolute atomic E-state index is 0.0554. The maximum atomic E-state index is 11.9. The van der Waals surface area contributed by atoms with E-state index in [9.17, 15) is 19.1 Å². The van der Waals surface area contributed by atoms with Crippen molar-refractivity contribution < 1.29 is 13.9 Å². The van der Waals surface area contributed by atoms with Gasteiger partial charge in [-0.3, -0.25) is 19.1 Å². The minimum Gasteiger partial charge on any atom is -0.298 e. The van der Waals surface area contributed by atoms with E-state index in [1.807, 2.05) is 0 Å². The molecule has 5 nitrogen and oxygen atoms in total. The van der Waals surface area contributed by atoms with Crippen LogP contribution < -0.4 is 0 Å². The van der Waals surface area contributed by atoms with Crippen LogP contribution in [-0.2, 0) is 15.6 Å². The monoisotopic (exact) mass is 255 g/mol. The van der Waals surface area contributed by atoms with Crippen molar-refractivity contribution in [1.82, 2.24) is 0 Å². The summed E-state index contributed by atoms with van der Waals surface area (Å²) in [7, 11) is -1.45. The Morgan fingerprint density at radius 3 is 2.35 bits per heavy atom. The van der Waals surface area contributed by atoms with Crippen LogP contribution in [0.5, 0.6) is 0 Å². The number of nitrogens with zero attached hydrogens (tertiary/aromatic N) is 1. The van der Waals surface area contributed by atoms with Crippen molar-refractivity contribution in [3.8, 4) is 0 Å². The molecule has 0 bridgehead atoms. The fraction of sp³-hybridized carbons (Fsp3) is 0.364. The van der Waals surface area contributed by atoms with E-state index in [0.717, 1.165) is 0 Å². The molecule has 0 aromatic heterocycles. The summed E-state index contributed by atoms with van der Waals surface area (Å²) in [6, 6.07) is 5.42. The number of nitro benzene ring substituents is 1. The molecule has 1 aromatic carbocycles. The lowest BCUT2D eigenvalue weighted by Gasteiger charge is -2.08. The summed E-state index contributed by atoms with van der Waals surface area (Å²) in [5, 5.41) is 9.86. The maximum absolute atomic E-state index is 11.9. The first kappa shape index (κ1) is 13.5. The summed E-state index contributed by atoms with van der Waals surface area (Å²) in [5.74, 6) is -0.0818. The lowest BCUT2D eigenvalue weighted by Crippen LogP contribution is -2.21. The van der Waals surface area contributed by atoms with Crippen LogP contribution in [0.15, 0.2) is 29.2 Å². The Labute approximate surface area is 101 Å². The summed E-state index contributed by atoms with van der Waals surface area (Å²) in [5.41, 5.74) is -0.0554. The third-order valence-electron chi connectivity index (χ3n) is 2.40. The highest BCUT2D eigenvalue weighted by Crippen LogP contribution is 2.17. The van der Waals surface area contributed by atoms with E-state index in [0.29, 0.717) is 11.3 Å². The number of carbonyl (C=O) groups is 1. The van der Waals surface area contributed by atoms with E-state index >= 15 is 0 Å². The van der Waals surface area contributed by atoms with Crippen molar-refractivity contribution in [1.29, 1.82) is 0 Å². The third-order valence-corrected chi connectivity index (χ3v) is 4.04. The zero-order valence-electron chi connectivity index (χ0n) is 9.58. The van der Waals surface area contributed by atoms with E-state index in [1.54, 1.807) is 13.8 Å². The lowest BCUT2D eigenvalue weighted by atomic mass is 10.2. The molecule has 92 valence electrons. The number of carbonyl (C=O) groups excluding carboxylic acids is 1. The van der Waals surface area contributed by atoms with Crippen molar-refractivity contribution in [2.75, 3.05) is 0 Å². The molecule has 0 heterocycles. The van der Waals surface area contributed by atoms with Crippen LogP contribution in [0, 0.1) is 10.1 Å². The second kappa shape index (κ2) is 5.67. The third kappa shape index (κ3) is 3.20. The number of Topliss-reactive ketones (excluding diaryl/α,β-unsaturated/α-hetero) is 1. The molecule has 6 heteroatoms. The molecule has 2 atom stereocenters. The van der Waals surface area contributed by atoms with Gasteiger partial charge in [0.2, 0.25) is 0 Å². The number of hydrogen-bond donors (Lipinski definition) is 0. The smallest absolute Gasteiger partial charge is 0.269 e. The molecule has 1 aromatic rings. The first-order valence-electron chi connectivity index (χ1n) is 5.15. The van der Waals surface area contributed by atoms with E-state index < -0.39 is 21.0 Å². The van der Waals surface area contributed by atoms with Gasteiger partial charge in [-0.15, -0.1) is 0 Å². The summed E-state index contributed by atoms with van der Waals surface area (Å²) < 4.78 is 11.9. The Balaban J connectivity index is 2.90. The fourth-order valence-electron chi connectivity index (χ4n) is 1.31. The molecule has 0 N–H and O–H groups in total. The Morgan fingerprint density at radius 1 is 1.41 bits per heavy atom. The first-order chi connectivity index (χ1) is 7.97. The summed E-state index contributed by atoms with van der Waals surface area (Å²) in [6.07, 6.45) is 0.333. The van der Waals surface area contributed by atoms with Gasteiger partial charge in [0.15, 0.2) is 0 Å². The number of benzene rings is 1. The van der Waals surface area contributed by atoms with Crippen LogP contribution in [0.2, 0.25) is 0 Å². The second-order valence-corrected chi connectivity index (χ2v) is 5.28. The van der Waals surface area contributed by atoms with Gasteiger partial charge in [0, 0.05) is 23.4 Å². The van der Waals surface area contributed by atoms with Gasteiger partial charge in [-0.1, -0.05) is 6.92 Å². The molecule has 2 unspecified atom stereocenters. The highest BCUT2D eigenvalue weighted by Gasteiger charge is 2.20. The Bertz CT molecular complexity index is 455. The Kier molecular flexibility index (Phi) is 4.51. The largest absolute Gasteiger partial charge is 0.298 e. The van der Waals surface area contributed by atoms with E-state index in [4.69, 9.17) is 0 Å². The van der Waals surface area contributed by atoms with Crippen LogP contribution in [0.3, 0.4) is 0 Å². The van der Waals surface area contributed by atoms with E-state index in [2.05, 4.69) is 0 Å². The molecule has 1 rings (SSSR count). The average molecular weight is 255 g/mol. The predicted octanol–water partition coefficient (Wildman–Crippen LogP) is 2.07. The number of ketones is 1. The number of hydrogen-bond acceptors (Lipinski definition) is 4. The molecule has 0 spiro atoms. The fourth-order valence-corrected chi connectivity index (χ4v) is 2.53. The van der Waals surface area contributed by atoms with Crippen molar-refractivity contribution in [2.24, 2.45) is 0 Å². The summed E-state index contributed by atoms with van der Waals surface area (Å²) in [6.45, 7) is 3.31. The second-order valence-electron chi connectivity index (χ2n) is 3.51. The molecule has 0 aliphatic carbocycles. The highest BCUT2D eigenvalue weighted by atomic mass is 32.2. The van der Waals surface area contributed by atoms with E-state index in [1.165, 1.54) is 24.3 Å². The molecule has 17 heavy (non-hydrogen) atoms. The molecule has 0 fully saturated rings. The van der Waals surface area contributed by atoms with Crippen molar-refractivity contribution >= 4 is 22.3 Å². The van der Waals surface area contributed by atoms with Gasteiger partial charge >= 0.3 is 0 Å². The molecular weight excluding hydrogens is 242 g/mol. The van der Waals surface area contributed by atoms with Crippen molar-refractivity contribution in [3.63, 3.8) is 0 Å². The predicted molar refractivity (Wildman–Crippen MR) is 64.3 cm³/mol. The van der Waals surface area contributed by atoms with Crippen LogP contribution in [0.4, 0.5) is 5.69 Å². The topological polar surface area (TPSA) is 77.3 Å². The van der Waals surface area contributed by atoms with Gasteiger partial charge in [0.05, 0.1) is 21.0 Å². The van der Waals surface area contributed by atoms with Gasteiger partial charge in [-0.25, -0.2) is 0 Å². The zero-order valence-corrected chi connectivity index (χ0v) is 10.4. The van der Waals surface area contributed by atoms with Gasteiger partial charge in [-0.2, -0.15) is 0 Å². The van der Waals surface area contributed by atoms with Gasteiger partial charge in [0.25, 0.3) is 5.69 Å². The summed E-state index contributed by atoms with van der Waals surface area (Å²) >= 11 is 0. The Morgan fingerprint density at radius 2 is 1.94 bits per heavy atom. The van der Waals surface area contributed by atoms with Gasteiger partial charge in [0.1, 0.15) is 5.78 Å². The SMILES string of the molecule is CCC(=O)C(C)S(=O)c1ccc([N+](=O)[O-])cc1. The maximum Gasteiger partial charge on any atom is 0.269 e. The van der Waals surface area contributed by atoms with E-state index in [-0.39, 0.29) is 11.5 Å². The molecule has 0 saturated heterocycles. The minimum atomic E-state index is -1.45. The number of rotatable bonds is 5. The van der Waals surface area contributed by atoms with Crippen molar-refractivity contribution in [2.45, 2.75) is 30.4 Å². The molecule has 0 saturated carbocycles. The molecule has 0 aliphatic rings. The van der Waals surface area contributed by atoms with Crippen LogP contribution in [0.1, 0.15) is 20.3 Å². The lowest BCUT2D eigenvalue weighted by molar-refractivity contribution is -0.384. The van der Waals surface area contributed by atoms with Gasteiger partial charge < -0.3 is 0 Å². The highest BCUT2D eigenvalue weighted by molar-refractivity contribution is 7.86. The number of non-ortho nitro benzene ring substituents is 1. The number of nitro groups is 1. The summed E-state index contributed by atoms with van der Waals surface area (Å²) in [4.78, 5) is 21.8.